The van der Waals surface area contributed by atoms with Gasteiger partial charge in [-0.15, -0.1) is 0 Å². The molecule has 9 nitrogen and oxygen atoms in total. The van der Waals surface area contributed by atoms with Gasteiger partial charge in [0.05, 0.1) is 17.9 Å². The summed E-state index contributed by atoms with van der Waals surface area (Å²) in [6, 6.07) is 13.2. The normalized spacial score (nSPS) is 20.1. The molecule has 1 spiro atoms. The lowest BCUT2D eigenvalue weighted by Crippen LogP contribution is -2.62. The van der Waals surface area contributed by atoms with E-state index < -0.39 is 5.54 Å². The maximum Gasteiger partial charge on any atom is 0.250 e. The molecule has 3 aromatic rings. The van der Waals surface area contributed by atoms with Crippen molar-refractivity contribution in [3.63, 3.8) is 0 Å². The van der Waals surface area contributed by atoms with Gasteiger partial charge in [0.15, 0.2) is 0 Å². The quantitative estimate of drug-likeness (QED) is 0.618. The highest BCUT2D eigenvalue weighted by Crippen LogP contribution is 2.45. The summed E-state index contributed by atoms with van der Waals surface area (Å²) in [4.78, 5) is 39.7. The molecule has 0 bridgehead atoms. The topological polar surface area (TPSA) is 104 Å². The molecule has 35 heavy (non-hydrogen) atoms. The van der Waals surface area contributed by atoms with Gasteiger partial charge in [-0.2, -0.15) is 4.98 Å². The molecule has 0 atom stereocenters. The van der Waals surface area contributed by atoms with E-state index in [1.165, 1.54) is 0 Å². The Kier molecular flexibility index (Phi) is 5.56. The van der Waals surface area contributed by atoms with Gasteiger partial charge in [-0.3, -0.25) is 24.4 Å². The van der Waals surface area contributed by atoms with Crippen LogP contribution in [0.2, 0.25) is 0 Å². The third-order valence-electron chi connectivity index (χ3n) is 7.56. The van der Waals surface area contributed by atoms with E-state index in [1.807, 2.05) is 42.5 Å². The van der Waals surface area contributed by atoms with Crippen LogP contribution in [0.3, 0.4) is 0 Å². The van der Waals surface area contributed by atoms with Crippen molar-refractivity contribution in [1.29, 1.82) is 0 Å². The molecule has 1 saturated carbocycles. The number of likely N-dealkylation sites (tertiary alicyclic amines) is 1. The molecule has 2 fully saturated rings. The summed E-state index contributed by atoms with van der Waals surface area (Å²) < 4.78 is 5.55. The summed E-state index contributed by atoms with van der Waals surface area (Å²) in [6.07, 6.45) is 6.69. The number of benzene rings is 1. The van der Waals surface area contributed by atoms with Gasteiger partial charge >= 0.3 is 0 Å². The van der Waals surface area contributed by atoms with E-state index in [4.69, 9.17) is 4.52 Å². The summed E-state index contributed by atoms with van der Waals surface area (Å²) in [5.41, 5.74) is 1.44. The molecule has 0 radical (unpaired) electrons. The van der Waals surface area contributed by atoms with Gasteiger partial charge in [0.25, 0.3) is 5.91 Å². The summed E-state index contributed by atoms with van der Waals surface area (Å²) in [5, 5.41) is 7.14. The first-order chi connectivity index (χ1) is 17.1. The fourth-order valence-corrected chi connectivity index (χ4v) is 5.73. The van der Waals surface area contributed by atoms with Crippen molar-refractivity contribution >= 4 is 23.2 Å². The van der Waals surface area contributed by atoms with Gasteiger partial charge in [0.1, 0.15) is 11.2 Å². The number of para-hydroxylation sites is 2. The molecule has 3 aliphatic rings. The number of rotatable bonds is 4. The Morgan fingerprint density at radius 1 is 1.09 bits per heavy atom. The van der Waals surface area contributed by atoms with Crippen LogP contribution in [-0.4, -0.2) is 57.0 Å². The predicted octanol–water partition coefficient (Wildman–Crippen LogP) is 3.61. The molecule has 4 heterocycles. The van der Waals surface area contributed by atoms with Gasteiger partial charge in [-0.05, 0) is 63.0 Å². The summed E-state index contributed by atoms with van der Waals surface area (Å²) in [6.45, 7) is 1.80. The van der Waals surface area contributed by atoms with Gasteiger partial charge in [0.2, 0.25) is 17.6 Å². The first kappa shape index (κ1) is 21.9. The largest absolute Gasteiger partial charge is 0.339 e. The first-order valence-corrected chi connectivity index (χ1v) is 12.3. The smallest absolute Gasteiger partial charge is 0.250 e. The third kappa shape index (κ3) is 3.89. The number of aromatic nitrogens is 3. The zero-order valence-electron chi connectivity index (χ0n) is 19.5. The fourth-order valence-electron chi connectivity index (χ4n) is 5.73. The van der Waals surface area contributed by atoms with Crippen LogP contribution in [-0.2, 0) is 9.59 Å². The van der Waals surface area contributed by atoms with Crippen molar-refractivity contribution in [2.75, 3.05) is 29.9 Å². The zero-order valence-corrected chi connectivity index (χ0v) is 19.5. The minimum Gasteiger partial charge on any atom is -0.339 e. The van der Waals surface area contributed by atoms with Crippen LogP contribution in [0.15, 0.2) is 53.2 Å². The molecule has 1 aromatic carbocycles. The Hall–Kier alpha value is -3.59. The number of carbonyl (C=O) groups excluding carboxylic acids is 2. The molecule has 2 aromatic heterocycles. The van der Waals surface area contributed by atoms with Crippen LogP contribution < -0.4 is 10.2 Å². The molecule has 1 N–H and O–H groups in total. The molecule has 0 unspecified atom stereocenters. The van der Waals surface area contributed by atoms with Gasteiger partial charge in [-0.25, -0.2) is 0 Å². The van der Waals surface area contributed by atoms with E-state index in [9.17, 15) is 9.59 Å². The van der Waals surface area contributed by atoms with E-state index in [0.717, 1.165) is 44.5 Å². The van der Waals surface area contributed by atoms with Gasteiger partial charge < -0.3 is 9.84 Å². The van der Waals surface area contributed by atoms with E-state index >= 15 is 0 Å². The molecule has 2 aliphatic heterocycles. The Bertz CT molecular complexity index is 1230. The van der Waals surface area contributed by atoms with Crippen molar-refractivity contribution < 1.29 is 14.1 Å². The molecular weight excluding hydrogens is 444 g/mol. The molecule has 1 aliphatic carbocycles. The maximum absolute atomic E-state index is 13.7. The fraction of sp³-hybridized carbons (Fsp3) is 0.423. The van der Waals surface area contributed by atoms with Crippen molar-refractivity contribution in [3.8, 4) is 11.5 Å². The summed E-state index contributed by atoms with van der Waals surface area (Å²) >= 11 is 0. The first-order valence-electron chi connectivity index (χ1n) is 12.3. The van der Waals surface area contributed by atoms with Crippen molar-refractivity contribution in [2.24, 2.45) is 0 Å². The van der Waals surface area contributed by atoms with E-state index in [2.05, 4.69) is 25.3 Å². The molecule has 180 valence electrons. The SMILES string of the molecule is O=C(CN1CCC(c2nc(-c3ccccn3)no2)CC1)N1c2ccccc2NC(=O)C12CCCC2. The molecular formula is C26H28N6O3. The number of amides is 2. The van der Waals surface area contributed by atoms with Crippen LogP contribution in [0.5, 0.6) is 0 Å². The van der Waals surface area contributed by atoms with E-state index in [-0.39, 0.29) is 17.7 Å². The lowest BCUT2D eigenvalue weighted by Gasteiger charge is -2.45. The van der Waals surface area contributed by atoms with Gasteiger partial charge in [0, 0.05) is 12.1 Å². The zero-order chi connectivity index (χ0) is 23.8. The molecule has 1 saturated heterocycles. The second kappa shape index (κ2) is 8.88. The number of piperidine rings is 1. The number of pyridine rings is 1. The number of nitrogens with one attached hydrogen (secondary N) is 1. The minimum atomic E-state index is -0.768. The standard InChI is InChI=1S/C26H28N6O3/c33-22(32-21-9-2-1-7-19(21)28-25(34)26(32)12-4-5-13-26)17-31-15-10-18(11-16-31)24-29-23(30-35-24)20-8-3-6-14-27-20/h1-3,6-9,14,18H,4-5,10-13,15-17H2,(H,28,34). The lowest BCUT2D eigenvalue weighted by atomic mass is 9.89. The number of nitrogens with zero attached hydrogens (tertiary/aromatic N) is 5. The Balaban J connectivity index is 1.14. The minimum absolute atomic E-state index is 0.0112. The van der Waals surface area contributed by atoms with Crippen LogP contribution >= 0.6 is 0 Å². The monoisotopic (exact) mass is 472 g/mol. The second-order valence-corrected chi connectivity index (χ2v) is 9.66. The second-order valence-electron chi connectivity index (χ2n) is 9.66. The number of hydrogen-bond donors (Lipinski definition) is 1. The van der Waals surface area contributed by atoms with Crippen molar-refractivity contribution in [2.45, 2.75) is 50.0 Å². The average Bonchev–Trinajstić information content (AvgIpc) is 3.57. The van der Waals surface area contributed by atoms with Gasteiger partial charge in [-0.1, -0.05) is 36.2 Å². The summed E-state index contributed by atoms with van der Waals surface area (Å²) in [5.74, 6) is 1.22. The average molecular weight is 473 g/mol. The molecule has 6 rings (SSSR count). The predicted molar refractivity (Wildman–Crippen MR) is 130 cm³/mol. The van der Waals surface area contributed by atoms with Crippen LogP contribution in [0.1, 0.15) is 50.3 Å². The van der Waals surface area contributed by atoms with E-state index in [1.54, 1.807) is 11.1 Å². The molecule has 9 heteroatoms. The Morgan fingerprint density at radius 2 is 1.86 bits per heavy atom. The number of fused-ring (bicyclic) bond motifs is 1. The Labute approximate surface area is 203 Å². The lowest BCUT2D eigenvalue weighted by molar-refractivity contribution is -0.128. The van der Waals surface area contributed by atoms with Crippen molar-refractivity contribution in [3.05, 3.63) is 54.6 Å². The highest BCUT2D eigenvalue weighted by Gasteiger charge is 2.52. The van der Waals surface area contributed by atoms with Crippen LogP contribution in [0.25, 0.3) is 11.5 Å². The summed E-state index contributed by atoms with van der Waals surface area (Å²) in [7, 11) is 0. The van der Waals surface area contributed by atoms with Crippen LogP contribution in [0.4, 0.5) is 11.4 Å². The van der Waals surface area contributed by atoms with Crippen molar-refractivity contribution in [1.82, 2.24) is 20.0 Å². The maximum atomic E-state index is 13.7. The van der Waals surface area contributed by atoms with Crippen LogP contribution in [0, 0.1) is 0 Å². The number of hydrogen-bond acceptors (Lipinski definition) is 7. The molecule has 2 amide bonds. The third-order valence-corrected chi connectivity index (χ3v) is 7.56. The highest BCUT2D eigenvalue weighted by molar-refractivity contribution is 6.15. The number of anilines is 2. The number of carbonyl (C=O) groups is 2. The highest BCUT2D eigenvalue weighted by atomic mass is 16.5. The van der Waals surface area contributed by atoms with E-state index in [0.29, 0.717) is 42.5 Å². The Morgan fingerprint density at radius 3 is 2.63 bits per heavy atom.